The second-order valence-electron chi connectivity index (χ2n) is 5.80. The molecule has 3 heterocycles. The molecule has 5 N–H and O–H groups in total. The second-order valence-corrected chi connectivity index (χ2v) is 5.80. The number of nitrogens with two attached hydrogens (primary N) is 2. The number of aryl methyl sites for hydroxylation is 1. The number of fused-ring (bicyclic) bond motifs is 1. The Morgan fingerprint density at radius 3 is 2.46 bits per heavy atom. The number of pyridine rings is 1. The molecule has 9 heteroatoms. The summed E-state index contributed by atoms with van der Waals surface area (Å²) in [6.07, 6.45) is 1.75. The zero-order valence-electron chi connectivity index (χ0n) is 13.8. The lowest BCUT2D eigenvalue weighted by molar-refractivity contribution is 0.628. The molecule has 0 aliphatic rings. The van der Waals surface area contributed by atoms with Gasteiger partial charge in [-0.2, -0.15) is 5.10 Å². The Hall–Kier alpha value is -3.75. The quantitative estimate of drug-likeness (QED) is 0.472. The van der Waals surface area contributed by atoms with Gasteiger partial charge >= 0.3 is 0 Å². The van der Waals surface area contributed by atoms with Gasteiger partial charge in [0.1, 0.15) is 11.6 Å². The van der Waals surface area contributed by atoms with Crippen molar-refractivity contribution in [3.8, 4) is 22.5 Å². The number of anilines is 1. The molecule has 1 aromatic carbocycles. The topological polar surface area (TPSA) is 124 Å². The second kappa shape index (κ2) is 5.66. The Labute approximate surface area is 147 Å². The minimum Gasteiger partial charge on any atom is -0.381 e. The predicted octanol–water partition coefficient (Wildman–Crippen LogP) is 1.48. The number of nitrogens with one attached hydrogen (secondary N) is 1. The summed E-state index contributed by atoms with van der Waals surface area (Å²) in [7, 11) is 0. The molecule has 0 saturated heterocycles. The summed E-state index contributed by atoms with van der Waals surface area (Å²) in [5.41, 5.74) is 8.60. The lowest BCUT2D eigenvalue weighted by atomic mass is 10.1. The molecule has 4 aromatic rings. The Morgan fingerprint density at radius 1 is 1.04 bits per heavy atom. The third kappa shape index (κ3) is 2.46. The smallest absolute Gasteiger partial charge is 0.187 e. The maximum absolute atomic E-state index is 13.3. The molecule has 130 valence electrons. The van der Waals surface area contributed by atoms with Crippen LogP contribution in [0, 0.1) is 18.2 Å². The van der Waals surface area contributed by atoms with Gasteiger partial charge in [0.05, 0.1) is 11.4 Å². The van der Waals surface area contributed by atoms with Crippen molar-refractivity contribution in [2.75, 3.05) is 11.6 Å². The van der Waals surface area contributed by atoms with Gasteiger partial charge in [-0.25, -0.2) is 23.5 Å². The summed E-state index contributed by atoms with van der Waals surface area (Å²) in [4.78, 5) is 8.61. The van der Waals surface area contributed by atoms with Crippen molar-refractivity contribution in [3.05, 3.63) is 59.7 Å². The van der Waals surface area contributed by atoms with Crippen molar-refractivity contribution in [3.63, 3.8) is 0 Å². The van der Waals surface area contributed by atoms with Gasteiger partial charge in [-0.05, 0) is 43.3 Å². The third-order valence-electron chi connectivity index (χ3n) is 4.01. The molecule has 0 aliphatic heterocycles. The molecule has 0 fully saturated rings. The van der Waals surface area contributed by atoms with Gasteiger partial charge in [-0.15, -0.1) is 0 Å². The molecular weight excluding hydrogens is 335 g/mol. The van der Waals surface area contributed by atoms with E-state index < -0.39 is 0 Å². The molecule has 0 radical (unpaired) electrons. The van der Waals surface area contributed by atoms with E-state index in [1.807, 2.05) is 6.07 Å². The SMILES string of the molecule is Cc1nc2ccc(-c3c(-c4ccc(F)cc4)nc(N)c(=N)n3N)cn2n1. The van der Waals surface area contributed by atoms with Gasteiger partial charge in [0.15, 0.2) is 17.0 Å². The number of nitrogens with zero attached hydrogens (tertiary/aromatic N) is 5. The number of aromatic nitrogens is 5. The fourth-order valence-electron chi connectivity index (χ4n) is 2.79. The van der Waals surface area contributed by atoms with E-state index in [0.29, 0.717) is 34.0 Å². The lowest BCUT2D eigenvalue weighted by Crippen LogP contribution is -2.32. The number of hydrogen-bond donors (Lipinski definition) is 3. The maximum atomic E-state index is 13.3. The first-order valence-corrected chi connectivity index (χ1v) is 7.75. The van der Waals surface area contributed by atoms with Crippen molar-refractivity contribution in [2.45, 2.75) is 6.92 Å². The van der Waals surface area contributed by atoms with Crippen LogP contribution in [0.2, 0.25) is 0 Å². The average Bonchev–Trinajstić information content (AvgIpc) is 2.99. The monoisotopic (exact) mass is 350 g/mol. The lowest BCUT2D eigenvalue weighted by Gasteiger charge is -2.15. The fraction of sp³-hybridized carbons (Fsp3) is 0.0588. The highest BCUT2D eigenvalue weighted by molar-refractivity contribution is 5.79. The fourth-order valence-corrected chi connectivity index (χ4v) is 2.79. The molecule has 0 spiro atoms. The number of nitrogen functional groups attached to an aromatic ring is 2. The van der Waals surface area contributed by atoms with Crippen LogP contribution in [0.3, 0.4) is 0 Å². The van der Waals surface area contributed by atoms with E-state index in [0.717, 1.165) is 4.68 Å². The first-order chi connectivity index (χ1) is 12.4. The van der Waals surface area contributed by atoms with E-state index in [4.69, 9.17) is 17.0 Å². The van der Waals surface area contributed by atoms with Gasteiger partial charge in [0.25, 0.3) is 0 Å². The third-order valence-corrected chi connectivity index (χ3v) is 4.01. The van der Waals surface area contributed by atoms with Crippen LogP contribution >= 0.6 is 0 Å². The average molecular weight is 350 g/mol. The molecule has 4 rings (SSSR count). The van der Waals surface area contributed by atoms with E-state index in [-0.39, 0.29) is 17.1 Å². The Morgan fingerprint density at radius 2 is 1.73 bits per heavy atom. The van der Waals surface area contributed by atoms with E-state index in [2.05, 4.69) is 15.1 Å². The van der Waals surface area contributed by atoms with E-state index in [1.165, 1.54) is 12.1 Å². The van der Waals surface area contributed by atoms with Crippen LogP contribution in [0.1, 0.15) is 5.82 Å². The predicted molar refractivity (Wildman–Crippen MR) is 94.8 cm³/mol. The molecule has 0 atom stereocenters. The molecule has 0 aliphatic carbocycles. The summed E-state index contributed by atoms with van der Waals surface area (Å²) >= 11 is 0. The van der Waals surface area contributed by atoms with Crippen molar-refractivity contribution in [2.24, 2.45) is 0 Å². The summed E-state index contributed by atoms with van der Waals surface area (Å²) in [6, 6.07) is 9.44. The molecule has 0 bridgehead atoms. The van der Waals surface area contributed by atoms with Crippen molar-refractivity contribution < 1.29 is 4.39 Å². The number of hydrogen-bond acceptors (Lipinski definition) is 6. The largest absolute Gasteiger partial charge is 0.381 e. The van der Waals surface area contributed by atoms with Crippen LogP contribution < -0.4 is 17.1 Å². The Kier molecular flexibility index (Phi) is 3.43. The van der Waals surface area contributed by atoms with Gasteiger partial charge in [0.2, 0.25) is 0 Å². The zero-order chi connectivity index (χ0) is 18.4. The van der Waals surface area contributed by atoms with Crippen LogP contribution in [-0.2, 0) is 0 Å². The number of halogens is 1. The van der Waals surface area contributed by atoms with Crippen molar-refractivity contribution in [1.29, 1.82) is 5.41 Å². The van der Waals surface area contributed by atoms with E-state index in [9.17, 15) is 4.39 Å². The molecule has 26 heavy (non-hydrogen) atoms. The molecule has 3 aromatic heterocycles. The molecule has 0 amide bonds. The van der Waals surface area contributed by atoms with E-state index >= 15 is 0 Å². The first-order valence-electron chi connectivity index (χ1n) is 7.75. The van der Waals surface area contributed by atoms with E-state index in [1.54, 1.807) is 35.8 Å². The van der Waals surface area contributed by atoms with Crippen LogP contribution in [0.5, 0.6) is 0 Å². The minimum atomic E-state index is -0.361. The summed E-state index contributed by atoms with van der Waals surface area (Å²) < 4.78 is 16.1. The molecule has 0 unspecified atom stereocenters. The summed E-state index contributed by atoms with van der Waals surface area (Å²) in [6.45, 7) is 1.80. The molecule has 0 saturated carbocycles. The molecular formula is C17H15FN8. The first kappa shape index (κ1) is 15.8. The zero-order valence-corrected chi connectivity index (χ0v) is 13.8. The number of benzene rings is 1. The van der Waals surface area contributed by atoms with Gasteiger partial charge < -0.3 is 11.6 Å². The van der Waals surface area contributed by atoms with Crippen LogP contribution in [0.25, 0.3) is 28.2 Å². The van der Waals surface area contributed by atoms with Crippen LogP contribution in [0.4, 0.5) is 10.2 Å². The summed E-state index contributed by atoms with van der Waals surface area (Å²) in [5.74, 6) is 6.38. The highest BCUT2D eigenvalue weighted by Gasteiger charge is 2.17. The summed E-state index contributed by atoms with van der Waals surface area (Å²) in [5, 5.41) is 12.3. The minimum absolute atomic E-state index is 0.0201. The van der Waals surface area contributed by atoms with Crippen molar-refractivity contribution in [1.82, 2.24) is 24.3 Å². The highest BCUT2D eigenvalue weighted by atomic mass is 19.1. The van der Waals surface area contributed by atoms with Gasteiger partial charge in [-0.3, -0.25) is 5.41 Å². The Balaban J connectivity index is 2.03. The Bertz CT molecular complexity index is 1190. The van der Waals surface area contributed by atoms with Crippen molar-refractivity contribution >= 4 is 11.5 Å². The molecule has 8 nitrogen and oxygen atoms in total. The highest BCUT2D eigenvalue weighted by Crippen LogP contribution is 2.29. The van der Waals surface area contributed by atoms with Gasteiger partial charge in [0, 0.05) is 17.3 Å². The maximum Gasteiger partial charge on any atom is 0.187 e. The van der Waals surface area contributed by atoms with Crippen LogP contribution in [-0.4, -0.2) is 24.3 Å². The normalized spacial score (nSPS) is 11.2. The van der Waals surface area contributed by atoms with Gasteiger partial charge in [-0.1, -0.05) is 0 Å². The van der Waals surface area contributed by atoms with Crippen LogP contribution in [0.15, 0.2) is 42.6 Å². The standard InChI is InChI=1S/C17H15FN8/c1-9-22-13-7-4-11(8-25(13)24-9)15-14(10-2-5-12(18)6-3-10)23-16(19)17(20)26(15)21/h2-8,20H,21H2,1H3,(H2,19,23). The number of rotatable bonds is 2.